The van der Waals surface area contributed by atoms with E-state index < -0.39 is 0 Å². The molecule has 2 N–H and O–H groups in total. The molecule has 1 saturated heterocycles. The average molecular weight is 284 g/mol. The molecule has 1 aromatic heterocycles. The molecule has 0 unspecified atom stereocenters. The Morgan fingerprint density at radius 3 is 2.57 bits per heavy atom. The van der Waals surface area contributed by atoms with E-state index in [0.29, 0.717) is 0 Å². The quantitative estimate of drug-likeness (QED) is 0.935. The van der Waals surface area contributed by atoms with Crippen LogP contribution in [-0.4, -0.2) is 49.2 Å². The molecule has 0 amide bonds. The third-order valence-corrected chi connectivity index (χ3v) is 4.38. The van der Waals surface area contributed by atoms with Gasteiger partial charge < -0.3 is 10.6 Å². The van der Waals surface area contributed by atoms with Crippen molar-refractivity contribution in [2.45, 2.75) is 13.8 Å². The van der Waals surface area contributed by atoms with E-state index in [9.17, 15) is 0 Å². The van der Waals surface area contributed by atoms with Crippen molar-refractivity contribution < 1.29 is 0 Å². The number of nitrogens with two attached hydrogens (primary N) is 1. The minimum absolute atomic E-state index is 0.743. The molecule has 112 valence electrons. The summed E-state index contributed by atoms with van der Waals surface area (Å²) in [5.74, 6) is 1.11. The lowest BCUT2D eigenvalue weighted by Gasteiger charge is -2.35. The highest BCUT2D eigenvalue weighted by atomic mass is 15.3. The van der Waals surface area contributed by atoms with Crippen LogP contribution >= 0.6 is 0 Å². The molecule has 0 radical (unpaired) electrons. The first kappa shape index (κ1) is 14.3. The number of hydrogen-bond acceptors (Lipinski definition) is 4. The van der Waals surface area contributed by atoms with Crippen LogP contribution in [0.5, 0.6) is 0 Å². The second-order valence-corrected chi connectivity index (χ2v) is 5.89. The van der Waals surface area contributed by atoms with Crippen LogP contribution in [0.4, 0.5) is 5.82 Å². The molecule has 1 aliphatic heterocycles. The molecule has 3 rings (SSSR count). The molecule has 0 spiro atoms. The molecule has 0 atom stereocenters. The second kappa shape index (κ2) is 6.00. The van der Waals surface area contributed by atoms with Crippen molar-refractivity contribution in [2.75, 3.05) is 44.2 Å². The van der Waals surface area contributed by atoms with E-state index in [-0.39, 0.29) is 0 Å². The molecule has 0 saturated carbocycles. The van der Waals surface area contributed by atoms with Crippen LogP contribution in [0.15, 0.2) is 24.3 Å². The molecular formula is C17H24N4. The van der Waals surface area contributed by atoms with Gasteiger partial charge in [0.1, 0.15) is 5.82 Å². The Bertz CT molecular complexity index is 630. The summed E-state index contributed by atoms with van der Waals surface area (Å²) in [6.07, 6.45) is 0. The van der Waals surface area contributed by atoms with Gasteiger partial charge in [-0.25, -0.2) is 4.98 Å². The Labute approximate surface area is 126 Å². The molecule has 1 aromatic carbocycles. The predicted molar refractivity (Wildman–Crippen MR) is 88.9 cm³/mol. The Morgan fingerprint density at radius 1 is 1.10 bits per heavy atom. The number of anilines is 1. The summed E-state index contributed by atoms with van der Waals surface area (Å²) in [6, 6.07) is 8.63. The molecule has 2 aromatic rings. The van der Waals surface area contributed by atoms with Gasteiger partial charge in [0.15, 0.2) is 0 Å². The van der Waals surface area contributed by atoms with Crippen LogP contribution in [0, 0.1) is 13.8 Å². The number of aryl methyl sites for hydroxylation is 2. The maximum atomic E-state index is 5.64. The van der Waals surface area contributed by atoms with Crippen LogP contribution < -0.4 is 10.6 Å². The molecule has 21 heavy (non-hydrogen) atoms. The maximum Gasteiger partial charge on any atom is 0.129 e. The van der Waals surface area contributed by atoms with Gasteiger partial charge >= 0.3 is 0 Å². The van der Waals surface area contributed by atoms with Crippen LogP contribution in [0.2, 0.25) is 0 Å². The fraction of sp³-hybridized carbons (Fsp3) is 0.471. The van der Waals surface area contributed by atoms with E-state index >= 15 is 0 Å². The first-order chi connectivity index (χ1) is 10.2. The van der Waals surface area contributed by atoms with Crippen molar-refractivity contribution in [1.29, 1.82) is 0 Å². The summed E-state index contributed by atoms with van der Waals surface area (Å²) < 4.78 is 0. The van der Waals surface area contributed by atoms with Gasteiger partial charge in [-0.3, -0.25) is 4.90 Å². The normalized spacial score (nSPS) is 16.6. The van der Waals surface area contributed by atoms with Crippen molar-refractivity contribution >= 4 is 16.7 Å². The van der Waals surface area contributed by atoms with Gasteiger partial charge in [-0.15, -0.1) is 0 Å². The smallest absolute Gasteiger partial charge is 0.129 e. The van der Waals surface area contributed by atoms with E-state index in [1.807, 2.05) is 0 Å². The fourth-order valence-electron chi connectivity index (χ4n) is 3.09. The van der Waals surface area contributed by atoms with Gasteiger partial charge in [-0.2, -0.15) is 0 Å². The summed E-state index contributed by atoms with van der Waals surface area (Å²) in [5.41, 5.74) is 9.33. The van der Waals surface area contributed by atoms with Gasteiger partial charge in [0, 0.05) is 44.7 Å². The maximum absolute atomic E-state index is 5.64. The van der Waals surface area contributed by atoms with Crippen molar-refractivity contribution in [1.82, 2.24) is 9.88 Å². The van der Waals surface area contributed by atoms with E-state index in [4.69, 9.17) is 10.7 Å². The fourth-order valence-corrected chi connectivity index (χ4v) is 3.09. The number of benzene rings is 1. The van der Waals surface area contributed by atoms with E-state index in [1.54, 1.807) is 0 Å². The number of pyridine rings is 1. The lowest BCUT2D eigenvalue weighted by Crippen LogP contribution is -2.48. The molecule has 1 fully saturated rings. The van der Waals surface area contributed by atoms with E-state index in [1.165, 1.54) is 16.5 Å². The number of rotatable bonds is 3. The van der Waals surface area contributed by atoms with Crippen molar-refractivity contribution in [2.24, 2.45) is 5.73 Å². The summed E-state index contributed by atoms with van der Waals surface area (Å²) in [6.45, 7) is 10.3. The highest BCUT2D eigenvalue weighted by Crippen LogP contribution is 2.25. The zero-order valence-electron chi connectivity index (χ0n) is 13.0. The number of nitrogens with zero attached hydrogens (tertiary/aromatic N) is 3. The molecule has 1 aliphatic rings. The third kappa shape index (κ3) is 2.87. The topological polar surface area (TPSA) is 45.4 Å². The molecule has 4 heteroatoms. The highest BCUT2D eigenvalue weighted by Gasteiger charge is 2.18. The Morgan fingerprint density at radius 2 is 1.86 bits per heavy atom. The number of fused-ring (bicyclic) bond motifs is 1. The van der Waals surface area contributed by atoms with Crippen LogP contribution in [0.25, 0.3) is 10.9 Å². The first-order valence-corrected chi connectivity index (χ1v) is 7.73. The molecular weight excluding hydrogens is 260 g/mol. The lowest BCUT2D eigenvalue weighted by molar-refractivity contribution is 0.264. The number of para-hydroxylation sites is 1. The highest BCUT2D eigenvalue weighted by molar-refractivity contribution is 5.86. The van der Waals surface area contributed by atoms with Gasteiger partial charge in [0.2, 0.25) is 0 Å². The predicted octanol–water partition coefficient (Wildman–Crippen LogP) is 1.93. The summed E-state index contributed by atoms with van der Waals surface area (Å²) in [7, 11) is 0. The van der Waals surface area contributed by atoms with E-state index in [2.05, 4.69) is 47.9 Å². The monoisotopic (exact) mass is 284 g/mol. The van der Waals surface area contributed by atoms with Crippen molar-refractivity contribution in [3.8, 4) is 0 Å². The molecule has 4 nitrogen and oxygen atoms in total. The van der Waals surface area contributed by atoms with Crippen molar-refractivity contribution in [3.05, 3.63) is 35.4 Å². The second-order valence-electron chi connectivity index (χ2n) is 5.89. The molecule has 0 bridgehead atoms. The van der Waals surface area contributed by atoms with Crippen LogP contribution in [-0.2, 0) is 0 Å². The number of piperazine rings is 1. The van der Waals surface area contributed by atoms with Crippen LogP contribution in [0.3, 0.4) is 0 Å². The molecule has 2 heterocycles. The minimum atomic E-state index is 0.743. The number of aromatic nitrogens is 1. The van der Waals surface area contributed by atoms with E-state index in [0.717, 1.165) is 50.6 Å². The Hall–Kier alpha value is -1.65. The van der Waals surface area contributed by atoms with Crippen molar-refractivity contribution in [3.63, 3.8) is 0 Å². The SMILES string of the molecule is Cc1cc(N2CCN(CCN)CC2)nc2c(C)cccc12. The zero-order valence-corrected chi connectivity index (χ0v) is 13.0. The Balaban J connectivity index is 1.87. The van der Waals surface area contributed by atoms with Crippen LogP contribution in [0.1, 0.15) is 11.1 Å². The van der Waals surface area contributed by atoms with Gasteiger partial charge in [-0.1, -0.05) is 18.2 Å². The van der Waals surface area contributed by atoms with Gasteiger partial charge in [0.25, 0.3) is 0 Å². The lowest BCUT2D eigenvalue weighted by atomic mass is 10.1. The zero-order chi connectivity index (χ0) is 14.8. The number of hydrogen-bond donors (Lipinski definition) is 1. The average Bonchev–Trinajstić information content (AvgIpc) is 2.49. The third-order valence-electron chi connectivity index (χ3n) is 4.38. The standard InChI is InChI=1S/C17H24N4/c1-13-4-3-5-15-14(2)12-16(19-17(13)15)21-10-8-20(7-6-18)9-11-21/h3-5,12H,6-11,18H2,1-2H3. The molecule has 0 aliphatic carbocycles. The Kier molecular flexibility index (Phi) is 4.08. The largest absolute Gasteiger partial charge is 0.354 e. The first-order valence-electron chi connectivity index (χ1n) is 7.73. The van der Waals surface area contributed by atoms with Gasteiger partial charge in [-0.05, 0) is 31.0 Å². The summed E-state index contributed by atoms with van der Waals surface area (Å²) in [5, 5.41) is 1.26. The summed E-state index contributed by atoms with van der Waals surface area (Å²) >= 11 is 0. The van der Waals surface area contributed by atoms with Gasteiger partial charge in [0.05, 0.1) is 5.52 Å². The summed E-state index contributed by atoms with van der Waals surface area (Å²) in [4.78, 5) is 9.73. The minimum Gasteiger partial charge on any atom is -0.354 e.